The Kier molecular flexibility index (Phi) is 3.20. The van der Waals surface area contributed by atoms with Gasteiger partial charge in [-0.1, -0.05) is 30.3 Å². The molecule has 0 unspecified atom stereocenters. The molecule has 1 amide bonds. The van der Waals surface area contributed by atoms with Crippen molar-refractivity contribution in [3.05, 3.63) is 59.3 Å². The maximum Gasteiger partial charge on any atom is 0.256 e. The molecule has 1 aliphatic heterocycles. The third-order valence-corrected chi connectivity index (χ3v) is 4.35. The smallest absolute Gasteiger partial charge is 0.256 e. The van der Waals surface area contributed by atoms with Crippen LogP contribution in [0.2, 0.25) is 0 Å². The molecule has 0 aliphatic carbocycles. The molecule has 23 heavy (non-hydrogen) atoms. The minimum absolute atomic E-state index is 0.0653. The molecule has 4 nitrogen and oxygen atoms in total. The number of para-hydroxylation sites is 1. The van der Waals surface area contributed by atoms with Gasteiger partial charge in [0.1, 0.15) is 0 Å². The topological polar surface area (TPSA) is 46.9 Å². The fourth-order valence-corrected chi connectivity index (χ4v) is 3.23. The number of nitrogens with one attached hydrogen (secondary N) is 1. The molecule has 0 saturated heterocycles. The van der Waals surface area contributed by atoms with Gasteiger partial charge < -0.3 is 5.32 Å². The Morgan fingerprint density at radius 1 is 1.26 bits per heavy atom. The van der Waals surface area contributed by atoms with Crippen LogP contribution in [0, 0.1) is 6.92 Å². The number of hydrogen-bond acceptors (Lipinski definition) is 3. The zero-order chi connectivity index (χ0) is 16.0. The van der Waals surface area contributed by atoms with Gasteiger partial charge in [-0.3, -0.25) is 4.79 Å². The summed E-state index contributed by atoms with van der Waals surface area (Å²) >= 11 is 0.0653. The number of aromatic nitrogens is 2. The molecule has 2 aromatic carbocycles. The molecule has 3 aromatic rings. The van der Waals surface area contributed by atoms with E-state index in [0.717, 1.165) is 27.9 Å². The number of amides is 1. The SMILES string of the molecule is Cc1nn(SF)c2cc(/C=C3/C(=O)Nc4ccccc43)ccc12. The van der Waals surface area contributed by atoms with Crippen LogP contribution in [0.4, 0.5) is 9.57 Å². The molecule has 0 fully saturated rings. The van der Waals surface area contributed by atoms with Crippen LogP contribution in [-0.4, -0.2) is 15.1 Å². The molecule has 2 heterocycles. The minimum Gasteiger partial charge on any atom is -0.321 e. The zero-order valence-electron chi connectivity index (χ0n) is 12.2. The van der Waals surface area contributed by atoms with E-state index in [1.54, 1.807) is 0 Å². The van der Waals surface area contributed by atoms with Crippen molar-refractivity contribution in [1.82, 2.24) is 9.19 Å². The first-order valence-electron chi connectivity index (χ1n) is 7.08. The third kappa shape index (κ3) is 2.22. The molecule has 0 saturated carbocycles. The molecule has 114 valence electrons. The van der Waals surface area contributed by atoms with Crippen LogP contribution in [0.3, 0.4) is 0 Å². The number of carbonyl (C=O) groups is 1. The van der Waals surface area contributed by atoms with E-state index in [0.29, 0.717) is 11.1 Å². The number of nitrogens with zero attached hydrogens (tertiary/aromatic N) is 2. The highest BCUT2D eigenvalue weighted by Gasteiger charge is 2.23. The van der Waals surface area contributed by atoms with Gasteiger partial charge in [-0.2, -0.15) is 9.19 Å². The Morgan fingerprint density at radius 3 is 2.91 bits per heavy atom. The van der Waals surface area contributed by atoms with Crippen LogP contribution in [-0.2, 0) is 4.79 Å². The number of aryl methyl sites for hydroxylation is 1. The first kappa shape index (κ1) is 14.0. The second kappa shape index (κ2) is 5.24. The van der Waals surface area contributed by atoms with Crippen LogP contribution in [0.25, 0.3) is 22.6 Å². The monoisotopic (exact) mass is 325 g/mol. The normalized spacial score (nSPS) is 15.2. The van der Waals surface area contributed by atoms with Crippen molar-refractivity contribution in [2.75, 3.05) is 5.32 Å². The molecule has 1 N–H and O–H groups in total. The zero-order valence-corrected chi connectivity index (χ0v) is 13.0. The highest BCUT2D eigenvalue weighted by Crippen LogP contribution is 2.33. The lowest BCUT2D eigenvalue weighted by Crippen LogP contribution is -2.03. The van der Waals surface area contributed by atoms with Crippen LogP contribution in [0.15, 0.2) is 42.5 Å². The second-order valence-corrected chi connectivity index (χ2v) is 5.85. The summed E-state index contributed by atoms with van der Waals surface area (Å²) in [6.07, 6.45) is 1.82. The fourth-order valence-electron chi connectivity index (χ4n) is 2.85. The molecular weight excluding hydrogens is 313 g/mol. The molecule has 4 rings (SSSR count). The standard InChI is InChI=1S/C17H12FN3OS/c1-10-12-7-6-11(9-16(12)21(20-10)23-18)8-14-13-4-2-3-5-15(13)19-17(14)22/h2-9H,1H3,(H,19,22)/b14-8+. The Morgan fingerprint density at radius 2 is 2.09 bits per heavy atom. The average molecular weight is 325 g/mol. The van der Waals surface area contributed by atoms with E-state index < -0.39 is 0 Å². The summed E-state index contributed by atoms with van der Waals surface area (Å²) in [6.45, 7) is 1.84. The predicted molar refractivity (Wildman–Crippen MR) is 91.5 cm³/mol. The Balaban J connectivity index is 1.85. The fraction of sp³-hybridized carbons (Fsp3) is 0.0588. The van der Waals surface area contributed by atoms with E-state index >= 15 is 0 Å². The lowest BCUT2D eigenvalue weighted by atomic mass is 10.0. The maximum atomic E-state index is 13.0. The summed E-state index contributed by atoms with van der Waals surface area (Å²) in [7, 11) is 0. The van der Waals surface area contributed by atoms with Gasteiger partial charge in [0.2, 0.25) is 0 Å². The van der Waals surface area contributed by atoms with E-state index in [1.165, 1.54) is 4.09 Å². The van der Waals surface area contributed by atoms with Gasteiger partial charge >= 0.3 is 0 Å². The van der Waals surface area contributed by atoms with Gasteiger partial charge in [0.25, 0.3) is 5.91 Å². The summed E-state index contributed by atoms with van der Waals surface area (Å²) in [5, 5.41) is 7.88. The highest BCUT2D eigenvalue weighted by atomic mass is 32.2. The lowest BCUT2D eigenvalue weighted by Gasteiger charge is -2.00. The predicted octanol–water partition coefficient (Wildman–Crippen LogP) is 4.22. The molecule has 1 aromatic heterocycles. The first-order valence-corrected chi connectivity index (χ1v) is 7.75. The van der Waals surface area contributed by atoms with Crippen molar-refractivity contribution in [3.63, 3.8) is 0 Å². The Labute approximate surface area is 136 Å². The second-order valence-electron chi connectivity index (χ2n) is 5.36. The van der Waals surface area contributed by atoms with Crippen molar-refractivity contribution >= 4 is 46.5 Å². The van der Waals surface area contributed by atoms with Crippen LogP contribution >= 0.6 is 12.3 Å². The molecule has 1 aliphatic rings. The van der Waals surface area contributed by atoms with E-state index in [4.69, 9.17) is 0 Å². The van der Waals surface area contributed by atoms with E-state index in [2.05, 4.69) is 10.4 Å². The van der Waals surface area contributed by atoms with Gasteiger partial charge in [0.15, 0.2) is 12.3 Å². The van der Waals surface area contributed by atoms with Crippen molar-refractivity contribution in [1.29, 1.82) is 0 Å². The van der Waals surface area contributed by atoms with Gasteiger partial charge in [-0.05, 0) is 30.7 Å². The number of halogens is 1. The molecule has 0 spiro atoms. The largest absolute Gasteiger partial charge is 0.321 e. The average Bonchev–Trinajstić information content (AvgIpc) is 3.05. The van der Waals surface area contributed by atoms with E-state index in [9.17, 15) is 8.68 Å². The summed E-state index contributed by atoms with van der Waals surface area (Å²) in [6, 6.07) is 13.2. The Hall–Kier alpha value is -2.60. The number of benzene rings is 2. The van der Waals surface area contributed by atoms with Gasteiger partial charge in [0.05, 0.1) is 11.2 Å². The minimum atomic E-state index is -0.129. The van der Waals surface area contributed by atoms with Crippen molar-refractivity contribution < 1.29 is 8.68 Å². The molecular formula is C17H12FN3OS. The lowest BCUT2D eigenvalue weighted by molar-refractivity contribution is -0.110. The van der Waals surface area contributed by atoms with Crippen LogP contribution in [0.1, 0.15) is 16.8 Å². The third-order valence-electron chi connectivity index (χ3n) is 3.94. The van der Waals surface area contributed by atoms with Gasteiger partial charge in [-0.25, -0.2) is 0 Å². The van der Waals surface area contributed by atoms with Gasteiger partial charge in [0, 0.05) is 22.2 Å². The van der Waals surface area contributed by atoms with Crippen molar-refractivity contribution in [2.45, 2.75) is 6.92 Å². The van der Waals surface area contributed by atoms with Crippen LogP contribution in [0.5, 0.6) is 0 Å². The molecule has 0 radical (unpaired) electrons. The van der Waals surface area contributed by atoms with E-state index in [-0.39, 0.29) is 18.2 Å². The summed E-state index contributed by atoms with van der Waals surface area (Å²) < 4.78 is 14.2. The maximum absolute atomic E-state index is 13.0. The molecule has 6 heteroatoms. The number of carbonyl (C=O) groups excluding carboxylic acids is 1. The quantitative estimate of drug-likeness (QED) is 0.718. The van der Waals surface area contributed by atoms with Crippen molar-refractivity contribution in [2.24, 2.45) is 0 Å². The van der Waals surface area contributed by atoms with Crippen LogP contribution < -0.4 is 5.32 Å². The Bertz CT molecular complexity index is 977. The van der Waals surface area contributed by atoms with E-state index in [1.807, 2.05) is 55.5 Å². The highest BCUT2D eigenvalue weighted by molar-refractivity contribution is 7.92. The summed E-state index contributed by atoms with van der Waals surface area (Å²) in [5.41, 5.74) is 4.58. The molecule has 0 bridgehead atoms. The van der Waals surface area contributed by atoms with Gasteiger partial charge in [-0.15, -0.1) is 3.89 Å². The summed E-state index contributed by atoms with van der Waals surface area (Å²) in [5.74, 6) is -0.129. The number of fused-ring (bicyclic) bond motifs is 2. The number of hydrogen-bond donors (Lipinski definition) is 1. The number of rotatable bonds is 2. The number of anilines is 1. The summed E-state index contributed by atoms with van der Waals surface area (Å²) in [4.78, 5) is 12.2. The van der Waals surface area contributed by atoms with Crippen molar-refractivity contribution in [3.8, 4) is 0 Å². The molecule has 0 atom stereocenters. The first-order chi connectivity index (χ1) is 11.2.